The summed E-state index contributed by atoms with van der Waals surface area (Å²) in [6.45, 7) is 4.93. The molecule has 154 valence electrons. The van der Waals surface area contributed by atoms with E-state index < -0.39 is 0 Å². The maximum absolute atomic E-state index is 12.5. The first-order valence-corrected chi connectivity index (χ1v) is 10.5. The highest BCUT2D eigenvalue weighted by Crippen LogP contribution is 2.12. The fourth-order valence-corrected chi connectivity index (χ4v) is 3.49. The van der Waals surface area contributed by atoms with Gasteiger partial charge in [0.2, 0.25) is 11.8 Å². The van der Waals surface area contributed by atoms with Crippen LogP contribution in [0.1, 0.15) is 30.9 Å². The van der Waals surface area contributed by atoms with Crippen LogP contribution in [-0.4, -0.2) is 54.4 Å². The molecule has 0 aliphatic carbocycles. The second kappa shape index (κ2) is 10.6. The van der Waals surface area contributed by atoms with Crippen molar-refractivity contribution < 1.29 is 14.3 Å². The van der Waals surface area contributed by atoms with Crippen molar-refractivity contribution in [2.45, 2.75) is 32.6 Å². The average molecular weight is 395 g/mol. The molecule has 0 saturated carbocycles. The SMILES string of the molecule is CCc1ccc(CCC(=O)N2CCN(C(=O)CCOc3ccccc3)CC2)cc1. The number of para-hydroxylation sites is 1. The van der Waals surface area contributed by atoms with E-state index in [1.165, 1.54) is 11.1 Å². The molecule has 2 amide bonds. The second-order valence-electron chi connectivity index (χ2n) is 7.34. The van der Waals surface area contributed by atoms with E-state index in [9.17, 15) is 9.59 Å². The predicted molar refractivity (Wildman–Crippen MR) is 114 cm³/mol. The van der Waals surface area contributed by atoms with E-state index in [1.54, 1.807) is 0 Å². The van der Waals surface area contributed by atoms with Gasteiger partial charge in [-0.05, 0) is 36.1 Å². The minimum absolute atomic E-state index is 0.0871. The summed E-state index contributed by atoms with van der Waals surface area (Å²) in [5, 5.41) is 0. The first-order valence-electron chi connectivity index (χ1n) is 10.5. The number of ether oxygens (including phenoxy) is 1. The molecule has 0 atom stereocenters. The van der Waals surface area contributed by atoms with Crippen LogP contribution in [0.5, 0.6) is 5.75 Å². The zero-order valence-electron chi connectivity index (χ0n) is 17.2. The molecule has 29 heavy (non-hydrogen) atoms. The van der Waals surface area contributed by atoms with E-state index in [2.05, 4.69) is 31.2 Å². The van der Waals surface area contributed by atoms with Gasteiger partial charge >= 0.3 is 0 Å². The molecular weight excluding hydrogens is 364 g/mol. The molecule has 1 heterocycles. The highest BCUT2D eigenvalue weighted by atomic mass is 16.5. The van der Waals surface area contributed by atoms with Gasteiger partial charge in [0, 0.05) is 32.6 Å². The Hall–Kier alpha value is -2.82. The molecule has 1 fully saturated rings. The van der Waals surface area contributed by atoms with Crippen LogP contribution in [0.15, 0.2) is 54.6 Å². The van der Waals surface area contributed by atoms with Gasteiger partial charge < -0.3 is 14.5 Å². The van der Waals surface area contributed by atoms with Gasteiger partial charge in [0.25, 0.3) is 0 Å². The standard InChI is InChI=1S/C24H30N2O3/c1-2-20-8-10-21(11-9-20)12-13-23(27)25-15-17-26(18-16-25)24(28)14-19-29-22-6-4-3-5-7-22/h3-11H,2,12-19H2,1H3. The number of hydrogen-bond donors (Lipinski definition) is 0. The number of carbonyl (C=O) groups is 2. The summed E-state index contributed by atoms with van der Waals surface area (Å²) in [5.74, 6) is 1.04. The largest absolute Gasteiger partial charge is 0.493 e. The molecule has 2 aromatic carbocycles. The van der Waals surface area contributed by atoms with E-state index in [4.69, 9.17) is 4.74 Å². The number of hydrogen-bond acceptors (Lipinski definition) is 3. The van der Waals surface area contributed by atoms with E-state index >= 15 is 0 Å². The number of benzene rings is 2. The van der Waals surface area contributed by atoms with Gasteiger partial charge in [-0.1, -0.05) is 49.4 Å². The van der Waals surface area contributed by atoms with E-state index in [0.717, 1.165) is 18.6 Å². The normalized spacial score (nSPS) is 14.0. The first kappa shape index (κ1) is 20.9. The Labute approximate surface area is 173 Å². The fourth-order valence-electron chi connectivity index (χ4n) is 3.49. The van der Waals surface area contributed by atoms with E-state index in [-0.39, 0.29) is 11.8 Å². The third-order valence-corrected chi connectivity index (χ3v) is 5.37. The monoisotopic (exact) mass is 394 g/mol. The number of nitrogens with zero attached hydrogens (tertiary/aromatic N) is 2. The summed E-state index contributed by atoms with van der Waals surface area (Å²) in [6.07, 6.45) is 2.67. The lowest BCUT2D eigenvalue weighted by Crippen LogP contribution is -2.50. The molecule has 0 N–H and O–H groups in total. The molecule has 2 aromatic rings. The number of amides is 2. The topological polar surface area (TPSA) is 49.9 Å². The third kappa shape index (κ3) is 6.34. The number of piperazine rings is 1. The highest BCUT2D eigenvalue weighted by molar-refractivity contribution is 5.78. The summed E-state index contributed by atoms with van der Waals surface area (Å²) in [4.78, 5) is 28.6. The molecule has 0 aromatic heterocycles. The van der Waals surface area contributed by atoms with E-state index in [0.29, 0.717) is 45.6 Å². The maximum Gasteiger partial charge on any atom is 0.226 e. The molecule has 1 saturated heterocycles. The van der Waals surface area contributed by atoms with Gasteiger partial charge in [-0.3, -0.25) is 9.59 Å². The number of rotatable bonds is 8. The lowest BCUT2D eigenvalue weighted by Gasteiger charge is -2.35. The van der Waals surface area contributed by atoms with Gasteiger partial charge in [0.05, 0.1) is 13.0 Å². The summed E-state index contributed by atoms with van der Waals surface area (Å²) in [5.41, 5.74) is 2.51. The molecule has 1 aliphatic rings. The molecule has 1 aliphatic heterocycles. The minimum Gasteiger partial charge on any atom is -0.493 e. The summed E-state index contributed by atoms with van der Waals surface area (Å²) in [6, 6.07) is 18.0. The van der Waals surface area contributed by atoms with Gasteiger partial charge in [0.15, 0.2) is 0 Å². The van der Waals surface area contributed by atoms with E-state index in [1.807, 2.05) is 40.1 Å². The molecular formula is C24H30N2O3. The predicted octanol–water partition coefficient (Wildman–Crippen LogP) is 3.32. The van der Waals surface area contributed by atoms with Crippen molar-refractivity contribution in [3.8, 4) is 5.75 Å². The summed E-state index contributed by atoms with van der Waals surface area (Å²) in [7, 11) is 0. The molecule has 3 rings (SSSR count). The van der Waals surface area contributed by atoms with Gasteiger partial charge in [-0.25, -0.2) is 0 Å². The van der Waals surface area contributed by atoms with Gasteiger partial charge in [-0.15, -0.1) is 0 Å². The summed E-state index contributed by atoms with van der Waals surface area (Å²) < 4.78 is 5.60. The van der Waals surface area contributed by atoms with Crippen LogP contribution in [0.25, 0.3) is 0 Å². The van der Waals surface area contributed by atoms with Crippen LogP contribution in [-0.2, 0) is 22.4 Å². The first-order chi connectivity index (χ1) is 14.2. The zero-order valence-corrected chi connectivity index (χ0v) is 17.2. The van der Waals surface area contributed by atoms with Crippen LogP contribution >= 0.6 is 0 Å². The highest BCUT2D eigenvalue weighted by Gasteiger charge is 2.23. The second-order valence-corrected chi connectivity index (χ2v) is 7.34. The minimum atomic E-state index is 0.0871. The van der Waals surface area contributed by atoms with Crippen LogP contribution in [0, 0.1) is 0 Å². The Morgan fingerprint density at radius 2 is 1.34 bits per heavy atom. The molecule has 5 nitrogen and oxygen atoms in total. The van der Waals surface area contributed by atoms with Crippen molar-refractivity contribution in [2.75, 3.05) is 32.8 Å². The van der Waals surface area contributed by atoms with Crippen LogP contribution < -0.4 is 4.74 Å². The Balaban J connectivity index is 1.35. The van der Waals surface area contributed by atoms with Crippen molar-refractivity contribution in [2.24, 2.45) is 0 Å². The average Bonchev–Trinajstić information content (AvgIpc) is 2.78. The summed E-state index contributed by atoms with van der Waals surface area (Å²) >= 11 is 0. The van der Waals surface area contributed by atoms with Crippen LogP contribution in [0.2, 0.25) is 0 Å². The third-order valence-electron chi connectivity index (χ3n) is 5.37. The number of aryl methyl sites for hydroxylation is 2. The molecule has 0 radical (unpaired) electrons. The molecule has 0 spiro atoms. The Kier molecular flexibility index (Phi) is 7.68. The molecule has 5 heteroatoms. The Morgan fingerprint density at radius 1 is 0.793 bits per heavy atom. The van der Waals surface area contributed by atoms with Crippen molar-refractivity contribution in [1.82, 2.24) is 9.80 Å². The fraction of sp³-hybridized carbons (Fsp3) is 0.417. The van der Waals surface area contributed by atoms with Gasteiger partial charge in [0.1, 0.15) is 5.75 Å². The maximum atomic E-state index is 12.5. The van der Waals surface area contributed by atoms with Gasteiger partial charge in [-0.2, -0.15) is 0 Å². The Bertz CT molecular complexity index is 782. The zero-order chi connectivity index (χ0) is 20.5. The lowest BCUT2D eigenvalue weighted by atomic mass is 10.1. The van der Waals surface area contributed by atoms with Crippen LogP contribution in [0.4, 0.5) is 0 Å². The molecule has 0 unspecified atom stereocenters. The van der Waals surface area contributed by atoms with Crippen molar-refractivity contribution in [1.29, 1.82) is 0 Å². The van der Waals surface area contributed by atoms with Crippen molar-refractivity contribution in [3.63, 3.8) is 0 Å². The quantitative estimate of drug-likeness (QED) is 0.690. The number of carbonyl (C=O) groups excluding carboxylic acids is 2. The Morgan fingerprint density at radius 3 is 1.93 bits per heavy atom. The lowest BCUT2D eigenvalue weighted by molar-refractivity contribution is -0.139. The van der Waals surface area contributed by atoms with Crippen LogP contribution in [0.3, 0.4) is 0 Å². The molecule has 0 bridgehead atoms. The van der Waals surface area contributed by atoms with Crippen molar-refractivity contribution in [3.05, 3.63) is 65.7 Å². The van der Waals surface area contributed by atoms with Crippen molar-refractivity contribution >= 4 is 11.8 Å². The smallest absolute Gasteiger partial charge is 0.226 e.